The highest BCUT2D eigenvalue weighted by Crippen LogP contribution is 2.36. The molecule has 0 bridgehead atoms. The van der Waals surface area contributed by atoms with Crippen molar-refractivity contribution in [3.05, 3.63) is 42.5 Å². The van der Waals surface area contributed by atoms with Gasteiger partial charge in [-0.3, -0.25) is 4.98 Å². The summed E-state index contributed by atoms with van der Waals surface area (Å²) in [6.07, 6.45) is 3.29. The smallest absolute Gasteiger partial charge is 0.134 e. The molecule has 0 atom stereocenters. The molecule has 0 spiro atoms. The highest BCUT2D eigenvalue weighted by Gasteiger charge is 2.14. The fourth-order valence-electron chi connectivity index (χ4n) is 1.98. The molecule has 106 valence electrons. The van der Waals surface area contributed by atoms with E-state index < -0.39 is 0 Å². The molecule has 2 rings (SSSR count). The number of anilines is 1. The van der Waals surface area contributed by atoms with Gasteiger partial charge in [0, 0.05) is 25.4 Å². The summed E-state index contributed by atoms with van der Waals surface area (Å²) in [5, 5.41) is 3.18. The van der Waals surface area contributed by atoms with Crippen molar-refractivity contribution in [3.8, 4) is 16.9 Å². The lowest BCUT2D eigenvalue weighted by Crippen LogP contribution is -2.09. The molecule has 0 amide bonds. The molecule has 0 unspecified atom stereocenters. The van der Waals surface area contributed by atoms with Gasteiger partial charge in [-0.15, -0.1) is 0 Å². The maximum Gasteiger partial charge on any atom is 0.134 e. The van der Waals surface area contributed by atoms with Crippen molar-refractivity contribution in [3.63, 3.8) is 0 Å². The Labute approximate surface area is 117 Å². The Morgan fingerprint density at radius 2 is 2.10 bits per heavy atom. The zero-order valence-corrected chi connectivity index (χ0v) is 11.5. The zero-order chi connectivity index (χ0) is 14.4. The van der Waals surface area contributed by atoms with E-state index in [0.717, 1.165) is 5.69 Å². The van der Waals surface area contributed by atoms with Crippen LogP contribution in [0.4, 0.5) is 10.1 Å². The van der Waals surface area contributed by atoms with E-state index >= 15 is 0 Å². The Morgan fingerprint density at radius 1 is 1.25 bits per heavy atom. The largest absolute Gasteiger partial charge is 0.496 e. The summed E-state index contributed by atoms with van der Waals surface area (Å²) in [7, 11) is 3.16. The number of pyridine rings is 1. The molecule has 1 aromatic heterocycles. The molecule has 1 heterocycles. The minimum atomic E-state index is -0.328. The van der Waals surface area contributed by atoms with E-state index in [0.29, 0.717) is 30.0 Å². The van der Waals surface area contributed by atoms with Crippen molar-refractivity contribution in [1.29, 1.82) is 0 Å². The molecular weight excluding hydrogens is 259 g/mol. The molecule has 0 fully saturated rings. The lowest BCUT2D eigenvalue weighted by atomic mass is 10.0. The molecule has 0 saturated carbocycles. The van der Waals surface area contributed by atoms with Crippen LogP contribution in [-0.4, -0.2) is 32.4 Å². The SMILES string of the molecule is COCCNc1cnccc1-c1c(F)cccc1OC. The lowest BCUT2D eigenvalue weighted by Gasteiger charge is -2.14. The summed E-state index contributed by atoms with van der Waals surface area (Å²) in [4.78, 5) is 4.07. The number of halogens is 1. The number of nitrogens with zero attached hydrogens (tertiary/aromatic N) is 1. The van der Waals surface area contributed by atoms with Crippen molar-refractivity contribution >= 4 is 5.69 Å². The zero-order valence-electron chi connectivity index (χ0n) is 11.5. The van der Waals surface area contributed by atoms with Crippen molar-refractivity contribution in [2.75, 3.05) is 32.7 Å². The number of rotatable bonds is 6. The van der Waals surface area contributed by atoms with Crippen LogP contribution >= 0.6 is 0 Å². The van der Waals surface area contributed by atoms with Gasteiger partial charge in [0.1, 0.15) is 11.6 Å². The minimum absolute atomic E-state index is 0.328. The molecule has 2 aromatic rings. The summed E-state index contributed by atoms with van der Waals surface area (Å²) in [5.74, 6) is 0.163. The first kappa shape index (κ1) is 14.3. The van der Waals surface area contributed by atoms with Gasteiger partial charge in [0.15, 0.2) is 0 Å². The van der Waals surface area contributed by atoms with Crippen LogP contribution < -0.4 is 10.1 Å². The first-order valence-electron chi connectivity index (χ1n) is 6.27. The summed E-state index contributed by atoms with van der Waals surface area (Å²) in [6, 6.07) is 6.53. The second-order valence-corrected chi connectivity index (χ2v) is 4.16. The van der Waals surface area contributed by atoms with E-state index in [1.54, 1.807) is 37.7 Å². The van der Waals surface area contributed by atoms with E-state index in [1.165, 1.54) is 13.2 Å². The second kappa shape index (κ2) is 6.86. The number of benzene rings is 1. The van der Waals surface area contributed by atoms with Crippen molar-refractivity contribution < 1.29 is 13.9 Å². The highest BCUT2D eigenvalue weighted by atomic mass is 19.1. The molecule has 1 aromatic carbocycles. The summed E-state index contributed by atoms with van der Waals surface area (Å²) < 4.78 is 24.4. The predicted octanol–water partition coefficient (Wildman–Crippen LogP) is 2.95. The molecule has 0 radical (unpaired) electrons. The Morgan fingerprint density at radius 3 is 2.85 bits per heavy atom. The normalized spacial score (nSPS) is 10.3. The molecule has 0 aliphatic heterocycles. The van der Waals surface area contributed by atoms with Crippen LogP contribution in [0, 0.1) is 5.82 Å². The average Bonchev–Trinajstić information content (AvgIpc) is 2.48. The molecule has 5 heteroatoms. The van der Waals surface area contributed by atoms with Crippen LogP contribution in [0.15, 0.2) is 36.7 Å². The number of nitrogens with one attached hydrogen (secondary N) is 1. The van der Waals surface area contributed by atoms with Gasteiger partial charge >= 0.3 is 0 Å². The summed E-state index contributed by atoms with van der Waals surface area (Å²) in [5.41, 5.74) is 1.89. The fraction of sp³-hybridized carbons (Fsp3) is 0.267. The van der Waals surface area contributed by atoms with Crippen LogP contribution in [0.3, 0.4) is 0 Å². The monoisotopic (exact) mass is 276 g/mol. The predicted molar refractivity (Wildman–Crippen MR) is 76.5 cm³/mol. The Hall–Kier alpha value is -2.14. The number of aromatic nitrogens is 1. The molecule has 20 heavy (non-hydrogen) atoms. The van der Waals surface area contributed by atoms with Gasteiger partial charge in [0.05, 0.1) is 31.2 Å². The summed E-state index contributed by atoms with van der Waals surface area (Å²) >= 11 is 0. The fourth-order valence-corrected chi connectivity index (χ4v) is 1.98. The van der Waals surface area contributed by atoms with Crippen molar-refractivity contribution in [2.45, 2.75) is 0 Å². The molecule has 0 aliphatic rings. The van der Waals surface area contributed by atoms with Gasteiger partial charge < -0.3 is 14.8 Å². The van der Waals surface area contributed by atoms with Crippen LogP contribution in [-0.2, 0) is 4.74 Å². The molecule has 4 nitrogen and oxygen atoms in total. The highest BCUT2D eigenvalue weighted by molar-refractivity contribution is 5.81. The van der Waals surface area contributed by atoms with Crippen LogP contribution in [0.2, 0.25) is 0 Å². The number of methoxy groups -OCH3 is 2. The first-order valence-corrected chi connectivity index (χ1v) is 6.27. The van der Waals surface area contributed by atoms with E-state index in [2.05, 4.69) is 10.3 Å². The third-order valence-corrected chi connectivity index (χ3v) is 2.91. The third-order valence-electron chi connectivity index (χ3n) is 2.91. The molecule has 0 aliphatic carbocycles. The maximum absolute atomic E-state index is 14.1. The average molecular weight is 276 g/mol. The number of hydrogen-bond donors (Lipinski definition) is 1. The van der Waals surface area contributed by atoms with Gasteiger partial charge in [-0.25, -0.2) is 4.39 Å². The first-order chi connectivity index (χ1) is 9.77. The van der Waals surface area contributed by atoms with Gasteiger partial charge in [0.2, 0.25) is 0 Å². The van der Waals surface area contributed by atoms with E-state index in [-0.39, 0.29) is 5.82 Å². The number of hydrogen-bond acceptors (Lipinski definition) is 4. The van der Waals surface area contributed by atoms with Crippen molar-refractivity contribution in [2.24, 2.45) is 0 Å². The van der Waals surface area contributed by atoms with Gasteiger partial charge in [-0.1, -0.05) is 6.07 Å². The molecular formula is C15H17FN2O2. The van der Waals surface area contributed by atoms with Crippen molar-refractivity contribution in [1.82, 2.24) is 4.98 Å². The van der Waals surface area contributed by atoms with Gasteiger partial charge in [-0.2, -0.15) is 0 Å². The molecule has 0 saturated heterocycles. The van der Waals surface area contributed by atoms with E-state index in [4.69, 9.17) is 9.47 Å². The van der Waals surface area contributed by atoms with Gasteiger partial charge in [0.25, 0.3) is 0 Å². The standard InChI is InChI=1S/C15H17FN2O2/c1-19-9-8-18-13-10-17-7-6-11(13)15-12(16)4-3-5-14(15)20-2/h3-7,10,18H,8-9H2,1-2H3. The number of ether oxygens (including phenoxy) is 2. The summed E-state index contributed by atoms with van der Waals surface area (Å²) in [6.45, 7) is 1.18. The van der Waals surface area contributed by atoms with E-state index in [9.17, 15) is 4.39 Å². The van der Waals surface area contributed by atoms with E-state index in [1.807, 2.05) is 0 Å². The Kier molecular flexibility index (Phi) is 4.90. The quantitative estimate of drug-likeness (QED) is 0.824. The third kappa shape index (κ3) is 3.05. The topological polar surface area (TPSA) is 43.4 Å². The lowest BCUT2D eigenvalue weighted by molar-refractivity contribution is 0.211. The molecule has 1 N–H and O–H groups in total. The Balaban J connectivity index is 2.42. The minimum Gasteiger partial charge on any atom is -0.496 e. The van der Waals surface area contributed by atoms with Crippen LogP contribution in [0.1, 0.15) is 0 Å². The Bertz CT molecular complexity index is 576. The second-order valence-electron chi connectivity index (χ2n) is 4.16. The maximum atomic E-state index is 14.1. The van der Waals surface area contributed by atoms with Crippen LogP contribution in [0.25, 0.3) is 11.1 Å². The van der Waals surface area contributed by atoms with Crippen LogP contribution in [0.5, 0.6) is 5.75 Å². The van der Waals surface area contributed by atoms with Gasteiger partial charge in [-0.05, 0) is 18.2 Å².